The topological polar surface area (TPSA) is 75.2 Å². The van der Waals surface area contributed by atoms with Crippen LogP contribution in [-0.4, -0.2) is 45.7 Å². The highest BCUT2D eigenvalue weighted by Gasteiger charge is 2.74. The van der Waals surface area contributed by atoms with E-state index in [1.165, 1.54) is 30.6 Å². The maximum absolute atomic E-state index is 14.5. The molecule has 0 radical (unpaired) electrons. The van der Waals surface area contributed by atoms with Crippen molar-refractivity contribution in [2.75, 3.05) is 18.4 Å². The van der Waals surface area contributed by atoms with Crippen molar-refractivity contribution in [2.45, 2.75) is 43.2 Å². The minimum Gasteiger partial charge on any atom is -0.328 e. The number of benzene rings is 1. The summed E-state index contributed by atoms with van der Waals surface area (Å²) in [5.41, 5.74) is -1.59. The van der Waals surface area contributed by atoms with Crippen LogP contribution in [0.5, 0.6) is 0 Å². The molecule has 2 amide bonds. The van der Waals surface area contributed by atoms with Gasteiger partial charge in [-0.05, 0) is 42.5 Å². The van der Waals surface area contributed by atoms with Crippen molar-refractivity contribution < 1.29 is 22.8 Å². The maximum atomic E-state index is 14.5. The van der Waals surface area contributed by atoms with E-state index < -0.39 is 41.8 Å². The van der Waals surface area contributed by atoms with Crippen LogP contribution in [0.4, 0.5) is 19.1 Å². The molecule has 2 heterocycles. The van der Waals surface area contributed by atoms with Gasteiger partial charge in [0.1, 0.15) is 12.2 Å². The zero-order valence-electron chi connectivity index (χ0n) is 16.2. The standard InChI is InChI=1S/C21H19F3N4O2/c1-12-7-25-18(26-8-12)27-16(29)9-28-11-19(10-21(19,23)24)15-6-13(20(22)4-5-20)2-3-14(15)17(28)30/h2-3,6-8H,4-5,9-11H2,1H3,(H,25,26,27,29)/t19-/m0/s1. The first-order valence-corrected chi connectivity index (χ1v) is 9.73. The average molecular weight is 416 g/mol. The molecule has 1 aliphatic heterocycles. The van der Waals surface area contributed by atoms with Crippen LogP contribution in [0, 0.1) is 6.92 Å². The Morgan fingerprint density at radius 1 is 1.20 bits per heavy atom. The van der Waals surface area contributed by atoms with Gasteiger partial charge in [-0.1, -0.05) is 12.1 Å². The van der Waals surface area contributed by atoms with Gasteiger partial charge in [0.05, 0.1) is 5.41 Å². The van der Waals surface area contributed by atoms with E-state index in [4.69, 9.17) is 0 Å². The van der Waals surface area contributed by atoms with Gasteiger partial charge in [-0.3, -0.25) is 14.9 Å². The number of amides is 2. The number of carbonyl (C=O) groups excluding carboxylic acids is 2. The van der Waals surface area contributed by atoms with E-state index in [0.29, 0.717) is 18.4 Å². The fourth-order valence-corrected chi connectivity index (χ4v) is 4.18. The van der Waals surface area contributed by atoms with Crippen molar-refractivity contribution in [3.05, 3.63) is 52.8 Å². The number of anilines is 1. The molecule has 1 aromatic carbocycles. The third kappa shape index (κ3) is 2.86. The zero-order valence-corrected chi connectivity index (χ0v) is 16.2. The second-order valence-electron chi connectivity index (χ2n) is 8.48. The summed E-state index contributed by atoms with van der Waals surface area (Å²) in [7, 11) is 0. The molecule has 5 rings (SSSR count). The Kier molecular flexibility index (Phi) is 3.82. The molecule has 30 heavy (non-hydrogen) atoms. The van der Waals surface area contributed by atoms with E-state index in [2.05, 4.69) is 15.3 Å². The highest BCUT2D eigenvalue weighted by Crippen LogP contribution is 2.64. The highest BCUT2D eigenvalue weighted by molar-refractivity contribution is 6.01. The van der Waals surface area contributed by atoms with E-state index in [1.54, 1.807) is 6.92 Å². The Bertz CT molecular complexity index is 1070. The number of nitrogens with one attached hydrogen (secondary N) is 1. The van der Waals surface area contributed by atoms with Crippen molar-refractivity contribution in [1.29, 1.82) is 0 Å². The monoisotopic (exact) mass is 416 g/mol. The first kappa shape index (κ1) is 19.0. The normalized spacial score (nSPS) is 25.1. The summed E-state index contributed by atoms with van der Waals surface area (Å²) in [5.74, 6) is -4.03. The van der Waals surface area contributed by atoms with Crippen LogP contribution in [0.25, 0.3) is 0 Å². The highest BCUT2D eigenvalue weighted by atomic mass is 19.3. The van der Waals surface area contributed by atoms with E-state index in [-0.39, 0.29) is 23.6 Å². The molecule has 1 spiro atoms. The number of hydrogen-bond acceptors (Lipinski definition) is 4. The molecule has 3 aliphatic rings. The molecule has 2 aromatic rings. The van der Waals surface area contributed by atoms with Crippen LogP contribution in [0.1, 0.15) is 46.3 Å². The third-order valence-corrected chi connectivity index (χ3v) is 6.19. The Morgan fingerprint density at radius 2 is 1.87 bits per heavy atom. The van der Waals surface area contributed by atoms with E-state index in [9.17, 15) is 22.8 Å². The molecule has 9 heteroatoms. The van der Waals surface area contributed by atoms with Crippen LogP contribution < -0.4 is 5.32 Å². The predicted molar refractivity (Wildman–Crippen MR) is 101 cm³/mol. The van der Waals surface area contributed by atoms with Crippen molar-refractivity contribution in [2.24, 2.45) is 0 Å². The fraction of sp³-hybridized carbons (Fsp3) is 0.429. The molecule has 156 valence electrons. The lowest BCUT2D eigenvalue weighted by Crippen LogP contribution is -2.48. The maximum Gasteiger partial charge on any atom is 0.260 e. The Hall–Kier alpha value is -2.97. The van der Waals surface area contributed by atoms with Gasteiger partial charge >= 0.3 is 0 Å². The summed E-state index contributed by atoms with van der Waals surface area (Å²) in [6.07, 6.45) is 3.34. The Balaban J connectivity index is 1.41. The SMILES string of the molecule is Cc1cnc(NC(=O)CN2C[C@@]3(CC3(F)F)c3cc(C4(F)CC4)ccc3C2=O)nc1. The van der Waals surface area contributed by atoms with E-state index in [0.717, 1.165) is 10.5 Å². The molecular formula is C21H19F3N4O2. The van der Waals surface area contributed by atoms with Crippen LogP contribution in [0.2, 0.25) is 0 Å². The predicted octanol–water partition coefficient (Wildman–Crippen LogP) is 3.11. The molecule has 2 fully saturated rings. The number of alkyl halides is 3. The molecule has 1 atom stereocenters. The average Bonchev–Trinajstić information content (AvgIpc) is 3.57. The second-order valence-corrected chi connectivity index (χ2v) is 8.48. The number of nitrogens with zero attached hydrogens (tertiary/aromatic N) is 3. The van der Waals surface area contributed by atoms with Gasteiger partial charge in [0.2, 0.25) is 11.9 Å². The minimum atomic E-state index is -3.01. The van der Waals surface area contributed by atoms with Gasteiger partial charge in [0, 0.05) is 30.9 Å². The molecule has 0 saturated heterocycles. The number of halogens is 3. The van der Waals surface area contributed by atoms with Crippen LogP contribution >= 0.6 is 0 Å². The van der Waals surface area contributed by atoms with Crippen LogP contribution in [0.15, 0.2) is 30.6 Å². The summed E-state index contributed by atoms with van der Waals surface area (Å²) < 4.78 is 43.4. The number of hydrogen-bond donors (Lipinski definition) is 1. The first-order chi connectivity index (χ1) is 14.1. The van der Waals surface area contributed by atoms with E-state index >= 15 is 0 Å². The molecule has 2 aliphatic carbocycles. The van der Waals surface area contributed by atoms with Crippen molar-refractivity contribution in [3.8, 4) is 0 Å². The molecule has 1 N–H and O–H groups in total. The Morgan fingerprint density at radius 3 is 2.47 bits per heavy atom. The van der Waals surface area contributed by atoms with Crippen molar-refractivity contribution in [3.63, 3.8) is 0 Å². The number of aryl methyl sites for hydroxylation is 1. The molecular weight excluding hydrogens is 397 g/mol. The first-order valence-electron chi connectivity index (χ1n) is 9.73. The number of carbonyl (C=O) groups is 2. The molecule has 0 bridgehead atoms. The minimum absolute atomic E-state index is 0.0734. The summed E-state index contributed by atoms with van der Waals surface area (Å²) in [6, 6.07) is 4.33. The van der Waals surface area contributed by atoms with Gasteiger partial charge in [-0.25, -0.2) is 23.1 Å². The lowest BCUT2D eigenvalue weighted by atomic mass is 9.84. The largest absolute Gasteiger partial charge is 0.328 e. The van der Waals surface area contributed by atoms with Crippen molar-refractivity contribution in [1.82, 2.24) is 14.9 Å². The number of aromatic nitrogens is 2. The summed E-state index contributed by atoms with van der Waals surface area (Å²) in [5, 5.41) is 2.47. The molecule has 6 nitrogen and oxygen atoms in total. The van der Waals surface area contributed by atoms with Gasteiger partial charge < -0.3 is 4.90 Å². The van der Waals surface area contributed by atoms with Gasteiger partial charge in [-0.15, -0.1) is 0 Å². The third-order valence-electron chi connectivity index (χ3n) is 6.19. The van der Waals surface area contributed by atoms with Gasteiger partial charge in [0.25, 0.3) is 11.8 Å². The fourth-order valence-electron chi connectivity index (χ4n) is 4.18. The van der Waals surface area contributed by atoms with Crippen molar-refractivity contribution >= 4 is 17.8 Å². The van der Waals surface area contributed by atoms with Gasteiger partial charge in [-0.2, -0.15) is 0 Å². The summed E-state index contributed by atoms with van der Waals surface area (Å²) in [4.78, 5) is 34.4. The zero-order chi connectivity index (χ0) is 21.3. The second kappa shape index (κ2) is 6.02. The van der Waals surface area contributed by atoms with Crippen LogP contribution in [-0.2, 0) is 15.9 Å². The smallest absolute Gasteiger partial charge is 0.260 e. The lowest BCUT2D eigenvalue weighted by molar-refractivity contribution is -0.117. The molecule has 2 saturated carbocycles. The quantitative estimate of drug-likeness (QED) is 0.831. The Labute approximate surface area is 170 Å². The van der Waals surface area contributed by atoms with E-state index in [1.807, 2.05) is 0 Å². The number of rotatable bonds is 4. The molecule has 0 unspecified atom stereocenters. The van der Waals surface area contributed by atoms with Gasteiger partial charge in [0.15, 0.2) is 0 Å². The van der Waals surface area contributed by atoms with Crippen LogP contribution in [0.3, 0.4) is 0 Å². The molecule has 1 aromatic heterocycles. The summed E-state index contributed by atoms with van der Waals surface area (Å²) in [6.45, 7) is 1.10. The lowest BCUT2D eigenvalue weighted by Gasteiger charge is -2.34. The number of fused-ring (bicyclic) bond motifs is 2. The summed E-state index contributed by atoms with van der Waals surface area (Å²) >= 11 is 0.